The predicted molar refractivity (Wildman–Crippen MR) is 102 cm³/mol. The van der Waals surface area contributed by atoms with Crippen LogP contribution in [0.1, 0.15) is 23.1 Å². The van der Waals surface area contributed by atoms with Crippen molar-refractivity contribution in [2.75, 3.05) is 11.9 Å². The summed E-state index contributed by atoms with van der Waals surface area (Å²) in [5.74, 6) is -0.518. The lowest BCUT2D eigenvalue weighted by Gasteiger charge is -2.13. The number of nitrogens with zero attached hydrogens (tertiary/aromatic N) is 2. The highest BCUT2D eigenvalue weighted by atomic mass is 16.5. The molecule has 7 nitrogen and oxygen atoms in total. The Morgan fingerprint density at radius 1 is 1.11 bits per heavy atom. The molecule has 0 fully saturated rings. The first-order valence-corrected chi connectivity index (χ1v) is 8.53. The van der Waals surface area contributed by atoms with Crippen LogP contribution >= 0.6 is 0 Å². The average Bonchev–Trinajstić information content (AvgIpc) is 2.66. The molecule has 138 valence electrons. The fourth-order valence-corrected chi connectivity index (χ4v) is 2.78. The van der Waals surface area contributed by atoms with Gasteiger partial charge >= 0.3 is 5.97 Å². The number of benzene rings is 2. The number of carbonyl (C=O) groups excluding carboxylic acids is 2. The smallest absolute Gasteiger partial charge is 0.340 e. The van der Waals surface area contributed by atoms with E-state index in [2.05, 4.69) is 10.3 Å². The quantitative estimate of drug-likeness (QED) is 0.702. The molecule has 0 radical (unpaired) electrons. The van der Waals surface area contributed by atoms with Crippen LogP contribution in [-0.2, 0) is 16.1 Å². The maximum Gasteiger partial charge on any atom is 0.340 e. The lowest BCUT2D eigenvalue weighted by molar-refractivity contribution is -0.116. The molecule has 0 saturated heterocycles. The molecule has 3 rings (SSSR count). The van der Waals surface area contributed by atoms with E-state index >= 15 is 0 Å². The SMILES string of the molecule is CCOC(=O)c1ccccc1NC(=O)Cn1c(C)nc2ccccc2c1=O. The molecule has 0 bridgehead atoms. The molecule has 0 unspecified atom stereocenters. The number of hydrogen-bond acceptors (Lipinski definition) is 5. The molecule has 3 aromatic rings. The predicted octanol–water partition coefficient (Wildman–Crippen LogP) is 2.52. The van der Waals surface area contributed by atoms with Crippen LogP contribution in [0, 0.1) is 6.92 Å². The summed E-state index contributed by atoms with van der Waals surface area (Å²) >= 11 is 0. The molecule has 1 heterocycles. The Bertz CT molecular complexity index is 1070. The topological polar surface area (TPSA) is 90.3 Å². The lowest BCUT2D eigenvalue weighted by Crippen LogP contribution is -2.30. The summed E-state index contributed by atoms with van der Waals surface area (Å²) in [7, 11) is 0. The number of nitrogens with one attached hydrogen (secondary N) is 1. The number of ether oxygens (including phenoxy) is 1. The average molecular weight is 365 g/mol. The molecule has 0 saturated carbocycles. The van der Waals surface area contributed by atoms with Gasteiger partial charge in [0.2, 0.25) is 5.91 Å². The first-order valence-electron chi connectivity index (χ1n) is 8.53. The van der Waals surface area contributed by atoms with Crippen molar-refractivity contribution < 1.29 is 14.3 Å². The van der Waals surface area contributed by atoms with Crippen molar-refractivity contribution >= 4 is 28.5 Å². The van der Waals surface area contributed by atoms with Crippen LogP contribution in [0.15, 0.2) is 53.3 Å². The molecule has 0 aliphatic carbocycles. The number of aryl methyl sites for hydroxylation is 1. The highest BCUT2D eigenvalue weighted by molar-refractivity contribution is 6.01. The second-order valence-corrected chi connectivity index (χ2v) is 5.88. The first-order chi connectivity index (χ1) is 13.0. The number of carbonyl (C=O) groups is 2. The van der Waals surface area contributed by atoms with Crippen LogP contribution < -0.4 is 10.9 Å². The minimum Gasteiger partial charge on any atom is -0.462 e. The summed E-state index contributed by atoms with van der Waals surface area (Å²) in [6.45, 7) is 3.41. The van der Waals surface area contributed by atoms with Gasteiger partial charge in [-0.05, 0) is 38.1 Å². The summed E-state index contributed by atoms with van der Waals surface area (Å²) in [5, 5.41) is 3.12. The zero-order valence-corrected chi connectivity index (χ0v) is 15.1. The third kappa shape index (κ3) is 3.87. The lowest BCUT2D eigenvalue weighted by atomic mass is 10.2. The summed E-state index contributed by atoms with van der Waals surface area (Å²) in [6.07, 6.45) is 0. The molecule has 0 spiro atoms. The Labute approximate surface area is 155 Å². The number of aromatic nitrogens is 2. The molecule has 0 atom stereocenters. The molecular formula is C20H19N3O4. The molecule has 1 aromatic heterocycles. The minimum atomic E-state index is -0.519. The fraction of sp³-hybridized carbons (Fsp3) is 0.200. The van der Waals surface area contributed by atoms with Crippen molar-refractivity contribution in [3.63, 3.8) is 0 Å². The van der Waals surface area contributed by atoms with Gasteiger partial charge in [-0.3, -0.25) is 14.2 Å². The number of para-hydroxylation sites is 2. The van der Waals surface area contributed by atoms with E-state index in [-0.39, 0.29) is 24.3 Å². The molecule has 7 heteroatoms. The van der Waals surface area contributed by atoms with E-state index < -0.39 is 11.9 Å². The number of rotatable bonds is 5. The van der Waals surface area contributed by atoms with Crippen molar-refractivity contribution in [1.29, 1.82) is 0 Å². The number of hydrogen-bond donors (Lipinski definition) is 1. The zero-order valence-electron chi connectivity index (χ0n) is 15.1. The molecular weight excluding hydrogens is 346 g/mol. The van der Waals surface area contributed by atoms with Gasteiger partial charge in [0, 0.05) is 0 Å². The van der Waals surface area contributed by atoms with E-state index in [1.54, 1.807) is 62.4 Å². The van der Waals surface area contributed by atoms with Crippen LogP contribution in [0.4, 0.5) is 5.69 Å². The molecule has 0 aliphatic rings. The van der Waals surface area contributed by atoms with Gasteiger partial charge in [-0.2, -0.15) is 0 Å². The summed E-state index contributed by atoms with van der Waals surface area (Å²) in [5.41, 5.74) is 0.894. The Balaban J connectivity index is 1.87. The van der Waals surface area contributed by atoms with Gasteiger partial charge in [0.15, 0.2) is 0 Å². The van der Waals surface area contributed by atoms with Crippen molar-refractivity contribution in [2.24, 2.45) is 0 Å². The van der Waals surface area contributed by atoms with Crippen LogP contribution in [0.3, 0.4) is 0 Å². The van der Waals surface area contributed by atoms with Gasteiger partial charge in [-0.1, -0.05) is 24.3 Å². The fourth-order valence-electron chi connectivity index (χ4n) is 2.78. The molecule has 27 heavy (non-hydrogen) atoms. The molecule has 1 N–H and O–H groups in total. The number of anilines is 1. The second-order valence-electron chi connectivity index (χ2n) is 5.88. The normalized spacial score (nSPS) is 10.6. The van der Waals surface area contributed by atoms with E-state index in [0.717, 1.165) is 0 Å². The van der Waals surface area contributed by atoms with E-state index in [4.69, 9.17) is 4.74 Å². The van der Waals surface area contributed by atoms with Crippen LogP contribution in [0.25, 0.3) is 10.9 Å². The van der Waals surface area contributed by atoms with Gasteiger partial charge in [0.25, 0.3) is 5.56 Å². The van der Waals surface area contributed by atoms with Gasteiger partial charge < -0.3 is 10.1 Å². The van der Waals surface area contributed by atoms with Crippen molar-refractivity contribution in [2.45, 2.75) is 20.4 Å². The highest BCUT2D eigenvalue weighted by Crippen LogP contribution is 2.16. The molecule has 0 aliphatic heterocycles. The van der Waals surface area contributed by atoms with Gasteiger partial charge in [-0.25, -0.2) is 9.78 Å². The Morgan fingerprint density at radius 3 is 2.59 bits per heavy atom. The standard InChI is InChI=1S/C20H19N3O4/c1-3-27-20(26)15-9-5-7-11-17(15)22-18(24)12-23-13(2)21-16-10-6-4-8-14(16)19(23)25/h4-11H,3,12H2,1-2H3,(H,22,24). The highest BCUT2D eigenvalue weighted by Gasteiger charge is 2.16. The maximum absolute atomic E-state index is 12.7. The van der Waals surface area contributed by atoms with Crippen LogP contribution in [0.5, 0.6) is 0 Å². The molecule has 2 aromatic carbocycles. The van der Waals surface area contributed by atoms with Crippen LogP contribution in [0.2, 0.25) is 0 Å². The van der Waals surface area contributed by atoms with E-state index in [9.17, 15) is 14.4 Å². The van der Waals surface area contributed by atoms with Crippen LogP contribution in [-0.4, -0.2) is 28.0 Å². The summed E-state index contributed by atoms with van der Waals surface area (Å²) in [4.78, 5) is 41.6. The number of esters is 1. The van der Waals surface area contributed by atoms with E-state index in [0.29, 0.717) is 22.4 Å². The Hall–Kier alpha value is -3.48. The van der Waals surface area contributed by atoms with Gasteiger partial charge in [0.05, 0.1) is 28.8 Å². The summed E-state index contributed by atoms with van der Waals surface area (Å²) < 4.78 is 6.31. The van der Waals surface area contributed by atoms with E-state index in [1.807, 2.05) is 0 Å². The maximum atomic E-state index is 12.7. The van der Waals surface area contributed by atoms with Gasteiger partial charge in [0.1, 0.15) is 12.4 Å². The Kier molecular flexibility index (Phi) is 5.30. The Morgan fingerprint density at radius 2 is 1.81 bits per heavy atom. The second kappa shape index (κ2) is 7.82. The number of fused-ring (bicyclic) bond motifs is 1. The third-order valence-electron chi connectivity index (χ3n) is 4.05. The molecule has 1 amide bonds. The number of amides is 1. The van der Waals surface area contributed by atoms with Crippen molar-refractivity contribution in [3.8, 4) is 0 Å². The largest absolute Gasteiger partial charge is 0.462 e. The van der Waals surface area contributed by atoms with Gasteiger partial charge in [-0.15, -0.1) is 0 Å². The summed E-state index contributed by atoms with van der Waals surface area (Å²) in [6, 6.07) is 13.6. The van der Waals surface area contributed by atoms with Crippen molar-refractivity contribution in [1.82, 2.24) is 9.55 Å². The van der Waals surface area contributed by atoms with Crippen molar-refractivity contribution in [3.05, 3.63) is 70.3 Å². The minimum absolute atomic E-state index is 0.209. The van der Waals surface area contributed by atoms with E-state index in [1.165, 1.54) is 4.57 Å². The third-order valence-corrected chi connectivity index (χ3v) is 4.05. The first kappa shape index (κ1) is 18.3. The zero-order chi connectivity index (χ0) is 19.4. The monoisotopic (exact) mass is 365 g/mol.